The van der Waals surface area contributed by atoms with Crippen LogP contribution in [0.4, 0.5) is 34.1 Å². The first-order valence-electron chi connectivity index (χ1n) is 37.4. The number of hydrogen-bond acceptors (Lipinski definition) is 44. The molecule has 0 saturated carbocycles. The molecule has 6 aromatic carbocycles. The summed E-state index contributed by atoms with van der Waals surface area (Å²) in [7, 11) is -30.8. The third kappa shape index (κ3) is 44.2. The van der Waals surface area contributed by atoms with E-state index in [9.17, 15) is 88.0 Å². The second-order valence-corrected chi connectivity index (χ2v) is 33.9. The number of phenols is 2. The molecule has 0 spiro atoms. The lowest BCUT2D eigenvalue weighted by Crippen LogP contribution is -2.32. The summed E-state index contributed by atoms with van der Waals surface area (Å²) in [5, 5.41) is 188. The van der Waals surface area contributed by atoms with Crippen LogP contribution < -0.4 is 11.5 Å². The summed E-state index contributed by atoms with van der Waals surface area (Å²) in [6.07, 6.45) is 1.85. The molecule has 50 nitrogen and oxygen atoms in total. The molecular formula is C70H116N12O38S6. The zero-order chi connectivity index (χ0) is 96.2. The van der Waals surface area contributed by atoms with Crippen LogP contribution >= 0.6 is 0 Å². The molecule has 0 radical (unpaired) electrons. The molecule has 30 N–H and O–H groups in total. The highest BCUT2D eigenvalue weighted by Gasteiger charge is 2.28. The Balaban J connectivity index is 0.00000206. The second kappa shape index (κ2) is 61.9. The Kier molecular flexibility index (Phi) is 58.2. The highest BCUT2D eigenvalue weighted by molar-refractivity contribution is 7.87. The van der Waals surface area contributed by atoms with Crippen molar-refractivity contribution in [2.45, 2.75) is 29.4 Å². The molecule has 0 aliphatic rings. The Morgan fingerprint density at radius 1 is 0.254 bits per heavy atom. The lowest BCUT2D eigenvalue weighted by Gasteiger charge is -2.17. The summed E-state index contributed by atoms with van der Waals surface area (Å²) in [6.45, 7) is 10.5. The van der Waals surface area contributed by atoms with Gasteiger partial charge in [0.1, 0.15) is 31.0 Å². The Morgan fingerprint density at radius 3 is 0.611 bits per heavy atom. The molecule has 0 heterocycles. The number of aliphatic hydroxyl groups excluding tert-OH is 18. The van der Waals surface area contributed by atoms with Crippen molar-refractivity contribution in [2.75, 3.05) is 248 Å². The number of aliphatic hydroxyl groups is 18. The van der Waals surface area contributed by atoms with Gasteiger partial charge in [-0.3, -0.25) is 56.7 Å². The number of fused-ring (bicyclic) bond motifs is 2. The first-order valence-corrected chi connectivity index (χ1v) is 46.0. The molecule has 0 aromatic heterocycles. The van der Waals surface area contributed by atoms with E-state index in [4.69, 9.17) is 103 Å². The highest BCUT2D eigenvalue weighted by atomic mass is 32.2. The Morgan fingerprint density at radius 2 is 0.444 bits per heavy atom. The minimum atomic E-state index is -5.29. The van der Waals surface area contributed by atoms with Gasteiger partial charge in [0.15, 0.2) is 11.5 Å². The van der Waals surface area contributed by atoms with Crippen LogP contribution in [0.15, 0.2) is 123 Å². The van der Waals surface area contributed by atoms with Crippen LogP contribution in [0.5, 0.6) is 11.5 Å². The number of nitrogens with two attached hydrogens (primary N) is 2. The van der Waals surface area contributed by atoms with Gasteiger partial charge >= 0.3 is 0 Å². The molecule has 0 saturated heterocycles. The number of phenolic OH excluding ortho intramolecular Hbond substituents is 2. The van der Waals surface area contributed by atoms with Gasteiger partial charge in [-0.2, -0.15) is 60.7 Å². The summed E-state index contributed by atoms with van der Waals surface area (Å²) in [6, 6.07) is 9.48. The van der Waals surface area contributed by atoms with Gasteiger partial charge in [0.05, 0.1) is 140 Å². The zero-order valence-electron chi connectivity index (χ0n) is 68.1. The van der Waals surface area contributed by atoms with E-state index in [0.717, 1.165) is 48.6 Å². The first-order chi connectivity index (χ1) is 59.2. The minimum absolute atomic E-state index is 0.0694. The molecular weight excluding hydrogens is 1810 g/mol. The van der Waals surface area contributed by atoms with E-state index in [1.807, 2.05) is 0 Å². The predicted molar refractivity (Wildman–Crippen MR) is 455 cm³/mol. The van der Waals surface area contributed by atoms with E-state index >= 15 is 0 Å². The van der Waals surface area contributed by atoms with Gasteiger partial charge < -0.3 is 114 Å². The average Bonchev–Trinajstić information content (AvgIpc) is 0.756. The van der Waals surface area contributed by atoms with Crippen molar-refractivity contribution in [1.82, 2.24) is 29.4 Å². The number of rotatable bonds is 48. The standard InChI is InChI=1S/C34H26N6O20S6.6C6H15NO3/c35-23-13-21(61(43,44)45)7-17-9-27(65(55,56)57)31(33(41)29(17)23)39-37-19-5-3-15(25(11-19)63(49,50)51)1-2-16-4-6-20(12-26(16)64(52,53)54)38-40-32-28(66(58,59)60)10-18-8-22(62(46,47)48)14-24(36)30(18)34(32)42;6*8-4-1-7(2-5-9)3-6-10/h1-14,41-42H,35-36H2,(H,43,44,45)(H,46,47,48)(H,49,50,51)(H,52,53,54)(H,55,56,57)(H,58,59,60);6*8-10H,1-6H2. The maximum Gasteiger partial charge on any atom is 0.296 e. The number of azo groups is 2. The summed E-state index contributed by atoms with van der Waals surface area (Å²) in [5.41, 5.74) is 6.99. The molecule has 56 heteroatoms. The Labute approximate surface area is 727 Å². The van der Waals surface area contributed by atoms with Crippen molar-refractivity contribution in [3.05, 3.63) is 83.9 Å². The van der Waals surface area contributed by atoms with E-state index in [0.29, 0.717) is 154 Å². The van der Waals surface area contributed by atoms with Crippen molar-refractivity contribution >= 4 is 129 Å². The lowest BCUT2D eigenvalue weighted by atomic mass is 10.1. The van der Waals surface area contributed by atoms with Gasteiger partial charge in [-0.25, -0.2) is 0 Å². The van der Waals surface area contributed by atoms with Crippen LogP contribution in [0.3, 0.4) is 0 Å². The monoisotopic (exact) mass is 1920 g/mol. The largest absolute Gasteiger partial charge is 0.505 e. The summed E-state index contributed by atoms with van der Waals surface area (Å²) in [4.78, 5) is 4.96. The van der Waals surface area contributed by atoms with Gasteiger partial charge in [0.25, 0.3) is 60.7 Å². The third-order valence-electron chi connectivity index (χ3n) is 16.5. The van der Waals surface area contributed by atoms with Crippen molar-refractivity contribution in [3.8, 4) is 11.5 Å². The van der Waals surface area contributed by atoms with E-state index < -0.39 is 157 Å². The summed E-state index contributed by atoms with van der Waals surface area (Å²) < 4.78 is 204. The quantitative estimate of drug-likeness (QED) is 0.00734. The van der Waals surface area contributed by atoms with Crippen LogP contribution in [-0.2, 0) is 60.7 Å². The van der Waals surface area contributed by atoms with Crippen LogP contribution in [0, 0.1) is 0 Å². The molecule has 0 unspecified atom stereocenters. The van der Waals surface area contributed by atoms with Gasteiger partial charge in [-0.1, -0.05) is 24.3 Å². The molecule has 0 aliphatic heterocycles. The number of aromatic hydroxyl groups is 2. The predicted octanol–water partition coefficient (Wildman–Crippen LogP) is -5.36. The zero-order valence-corrected chi connectivity index (χ0v) is 73.0. The van der Waals surface area contributed by atoms with E-state index in [2.05, 4.69) is 20.5 Å². The lowest BCUT2D eigenvalue weighted by molar-refractivity contribution is 0.136. The summed E-state index contributed by atoms with van der Waals surface area (Å²) in [5.74, 6) is -2.14. The molecule has 0 fully saturated rings. The van der Waals surface area contributed by atoms with Crippen molar-refractivity contribution in [2.24, 2.45) is 20.5 Å². The topological polar surface area (TPSA) is 852 Å². The Hall–Kier alpha value is -7.52. The van der Waals surface area contributed by atoms with E-state index in [1.54, 1.807) is 29.4 Å². The number of benzene rings is 6. The fourth-order valence-electron chi connectivity index (χ4n) is 10.7. The number of nitrogens with zero attached hydrogens (tertiary/aromatic N) is 10. The normalized spacial score (nSPS) is 12.2. The molecule has 720 valence electrons. The number of nitrogen functional groups attached to an aromatic ring is 2. The molecule has 6 rings (SSSR count). The van der Waals surface area contributed by atoms with Crippen LogP contribution in [-0.4, -0.2) is 446 Å². The fourth-order valence-corrected chi connectivity index (χ4v) is 14.5. The molecule has 0 amide bonds. The third-order valence-corrected chi connectivity index (χ3v) is 21.7. The fraction of sp³-hybridized carbons (Fsp3) is 0.514. The minimum Gasteiger partial charge on any atom is -0.505 e. The van der Waals surface area contributed by atoms with Gasteiger partial charge in [0, 0.05) is 140 Å². The van der Waals surface area contributed by atoms with Crippen molar-refractivity contribution < 1.29 is 180 Å². The van der Waals surface area contributed by atoms with Gasteiger partial charge in [-0.15, -0.1) is 10.2 Å². The van der Waals surface area contributed by atoms with Crippen LogP contribution in [0.25, 0.3) is 33.7 Å². The Bertz CT molecular complexity index is 4560. The van der Waals surface area contributed by atoms with Crippen LogP contribution in [0.2, 0.25) is 0 Å². The molecule has 126 heavy (non-hydrogen) atoms. The first kappa shape index (κ1) is 118. The maximum absolute atomic E-state index is 12.5. The van der Waals surface area contributed by atoms with Crippen LogP contribution in [0.1, 0.15) is 11.1 Å². The molecule has 0 bridgehead atoms. The summed E-state index contributed by atoms with van der Waals surface area (Å²) >= 11 is 0. The van der Waals surface area contributed by atoms with Gasteiger partial charge in [0.2, 0.25) is 0 Å². The smallest absolute Gasteiger partial charge is 0.296 e. The van der Waals surface area contributed by atoms with E-state index in [1.165, 1.54) is 0 Å². The molecule has 0 aliphatic carbocycles. The van der Waals surface area contributed by atoms with E-state index in [-0.39, 0.29) is 130 Å². The number of anilines is 2. The second-order valence-electron chi connectivity index (χ2n) is 25.5. The molecule has 6 aromatic rings. The average molecular weight is 1930 g/mol. The molecule has 0 atom stereocenters. The maximum atomic E-state index is 12.5. The van der Waals surface area contributed by atoms with Gasteiger partial charge in [-0.05, 0) is 82.6 Å². The number of hydrogen-bond donors (Lipinski definition) is 28. The van der Waals surface area contributed by atoms with Crippen molar-refractivity contribution in [1.29, 1.82) is 0 Å². The SMILES string of the molecule is Nc1cc(S(=O)(=O)O)cc2cc(S(=O)(=O)O)c(N=Nc3ccc(C=Cc4ccc(N=Nc5c(S(=O)(=O)O)cc6cc(S(=O)(=O)O)cc(N)c6c5O)cc4S(=O)(=O)O)c(S(=O)(=O)O)c3)c(O)c12.OCCN(CCO)CCO.OCCN(CCO)CCO.OCCN(CCO)CCO.OCCN(CCO)CCO.OCCN(CCO)CCO.OCCN(CCO)CCO. The highest BCUT2D eigenvalue weighted by Crippen LogP contribution is 2.46. The van der Waals surface area contributed by atoms with Crippen molar-refractivity contribution in [3.63, 3.8) is 0 Å².